The summed E-state index contributed by atoms with van der Waals surface area (Å²) in [6, 6.07) is 20.3. The van der Waals surface area contributed by atoms with E-state index < -0.39 is 16.0 Å². The van der Waals surface area contributed by atoms with Gasteiger partial charge in [-0.1, -0.05) is 44.2 Å². The third-order valence-electron chi connectivity index (χ3n) is 5.42. The molecule has 0 unspecified atom stereocenters. The maximum absolute atomic E-state index is 13.0. The lowest BCUT2D eigenvalue weighted by Crippen LogP contribution is -2.47. The van der Waals surface area contributed by atoms with Crippen molar-refractivity contribution in [3.63, 3.8) is 0 Å². The summed E-state index contributed by atoms with van der Waals surface area (Å²) in [5, 5.41) is 2.86. The molecule has 1 amide bonds. The molecular formula is C26H32N5O3S+. The van der Waals surface area contributed by atoms with Gasteiger partial charge in [-0.05, 0) is 48.2 Å². The molecule has 0 saturated heterocycles. The van der Waals surface area contributed by atoms with Crippen molar-refractivity contribution in [2.75, 3.05) is 5.32 Å². The van der Waals surface area contributed by atoms with E-state index in [0.717, 1.165) is 48.2 Å². The molecule has 0 aliphatic carbocycles. The van der Waals surface area contributed by atoms with Gasteiger partial charge < -0.3 is 16.8 Å². The molecular weight excluding hydrogens is 462 g/mol. The van der Waals surface area contributed by atoms with Gasteiger partial charge in [0, 0.05) is 30.7 Å². The summed E-state index contributed by atoms with van der Waals surface area (Å²) in [4.78, 5) is 12.9. The summed E-state index contributed by atoms with van der Waals surface area (Å²) in [6.07, 6.45) is 3.61. The van der Waals surface area contributed by atoms with Crippen LogP contribution in [0.2, 0.25) is 0 Å². The zero-order valence-electron chi connectivity index (χ0n) is 20.1. The van der Waals surface area contributed by atoms with E-state index in [0.29, 0.717) is 5.69 Å². The zero-order chi connectivity index (χ0) is 25.4. The molecule has 9 heteroatoms. The first-order valence-corrected chi connectivity index (χ1v) is 13.0. The second kappa shape index (κ2) is 11.6. The van der Waals surface area contributed by atoms with Crippen LogP contribution in [0.4, 0.5) is 5.69 Å². The lowest BCUT2D eigenvalue weighted by molar-refractivity contribution is -0.698. The van der Waals surface area contributed by atoms with Gasteiger partial charge in [0.15, 0.2) is 11.4 Å². The predicted molar refractivity (Wildman–Crippen MR) is 138 cm³/mol. The predicted octanol–water partition coefficient (Wildman–Crippen LogP) is 3.15. The molecule has 0 fully saturated rings. The summed E-state index contributed by atoms with van der Waals surface area (Å²) in [5.41, 5.74) is 15.3. The molecule has 1 aromatic heterocycles. The number of hydrogen-bond donors (Lipinski definition) is 3. The number of aromatic nitrogens is 1. The van der Waals surface area contributed by atoms with E-state index in [1.165, 1.54) is 24.3 Å². The molecule has 1 heterocycles. The summed E-state index contributed by atoms with van der Waals surface area (Å²) >= 11 is 0. The number of rotatable bonds is 10. The van der Waals surface area contributed by atoms with Crippen LogP contribution in [0.3, 0.4) is 0 Å². The van der Waals surface area contributed by atoms with Crippen LogP contribution in [0, 0.1) is 0 Å². The van der Waals surface area contributed by atoms with Crippen molar-refractivity contribution in [3.05, 3.63) is 78.1 Å². The van der Waals surface area contributed by atoms with Crippen LogP contribution in [-0.2, 0) is 34.2 Å². The van der Waals surface area contributed by atoms with Crippen LogP contribution in [0.5, 0.6) is 0 Å². The Balaban J connectivity index is 1.86. The average Bonchev–Trinajstić information content (AvgIpc) is 2.81. The van der Waals surface area contributed by atoms with Gasteiger partial charge in [-0.3, -0.25) is 4.79 Å². The molecule has 184 valence electrons. The van der Waals surface area contributed by atoms with Gasteiger partial charge >= 0.3 is 0 Å². The highest BCUT2D eigenvalue weighted by Gasteiger charge is 2.22. The summed E-state index contributed by atoms with van der Waals surface area (Å²) in [5.74, 6) is -0.736. The molecule has 3 rings (SSSR count). The number of sulfonamides is 1. The number of carbonyl (C=O) groups is 1. The minimum absolute atomic E-state index is 0.0646. The highest BCUT2D eigenvalue weighted by Crippen LogP contribution is 2.22. The molecule has 35 heavy (non-hydrogen) atoms. The molecule has 0 saturated carbocycles. The van der Waals surface area contributed by atoms with Crippen LogP contribution in [-0.4, -0.2) is 20.3 Å². The fourth-order valence-electron chi connectivity index (χ4n) is 3.91. The second-order valence-corrected chi connectivity index (χ2v) is 9.85. The SMILES string of the molecule is CCCc1cc(-c2ccccc2)cc(CCC)[n+]1CC(=O)Nc1ccc(S(=O)(=O)N=C(N)N)cc1. The highest BCUT2D eigenvalue weighted by atomic mass is 32.2. The Hall–Kier alpha value is -3.72. The Labute approximate surface area is 206 Å². The molecule has 3 aromatic rings. The Morgan fingerprint density at radius 3 is 1.97 bits per heavy atom. The van der Waals surface area contributed by atoms with Crippen molar-refractivity contribution < 1.29 is 17.8 Å². The molecule has 0 aliphatic rings. The summed E-state index contributed by atoms with van der Waals surface area (Å²) < 4.78 is 29.6. The fraction of sp³-hybridized carbons (Fsp3) is 0.269. The number of nitrogens with two attached hydrogens (primary N) is 2. The number of guanidine groups is 1. The number of aryl methyl sites for hydroxylation is 2. The average molecular weight is 495 g/mol. The number of nitrogens with zero attached hydrogens (tertiary/aromatic N) is 2. The van der Waals surface area contributed by atoms with E-state index in [9.17, 15) is 13.2 Å². The number of nitrogens with one attached hydrogen (secondary N) is 1. The van der Waals surface area contributed by atoms with Crippen molar-refractivity contribution in [1.29, 1.82) is 0 Å². The molecule has 0 radical (unpaired) electrons. The second-order valence-electron chi connectivity index (χ2n) is 8.24. The Morgan fingerprint density at radius 2 is 1.46 bits per heavy atom. The molecule has 0 spiro atoms. The Bertz CT molecular complexity index is 1270. The van der Waals surface area contributed by atoms with Crippen LogP contribution < -0.4 is 21.4 Å². The number of pyridine rings is 1. The minimum Gasteiger partial charge on any atom is -0.369 e. The van der Waals surface area contributed by atoms with Crippen LogP contribution in [0.25, 0.3) is 11.1 Å². The topological polar surface area (TPSA) is 132 Å². The first-order chi connectivity index (χ1) is 16.7. The minimum atomic E-state index is -3.98. The molecule has 0 bridgehead atoms. The van der Waals surface area contributed by atoms with E-state index in [-0.39, 0.29) is 17.3 Å². The number of carbonyl (C=O) groups excluding carboxylic acids is 1. The number of hydrogen-bond acceptors (Lipinski definition) is 3. The van der Waals surface area contributed by atoms with Gasteiger partial charge in [0.05, 0.1) is 4.90 Å². The molecule has 8 nitrogen and oxygen atoms in total. The molecule has 0 aliphatic heterocycles. The normalized spacial score (nSPS) is 11.1. The largest absolute Gasteiger partial charge is 0.369 e. The number of amides is 1. The zero-order valence-corrected chi connectivity index (χ0v) is 20.9. The first-order valence-electron chi connectivity index (χ1n) is 11.6. The van der Waals surface area contributed by atoms with Crippen LogP contribution in [0.1, 0.15) is 38.1 Å². The van der Waals surface area contributed by atoms with Gasteiger partial charge in [0.1, 0.15) is 0 Å². The maximum atomic E-state index is 13.0. The van der Waals surface area contributed by atoms with Crippen molar-refractivity contribution >= 4 is 27.6 Å². The lowest BCUT2D eigenvalue weighted by Gasteiger charge is -2.12. The van der Waals surface area contributed by atoms with E-state index in [1.54, 1.807) is 0 Å². The van der Waals surface area contributed by atoms with Gasteiger partial charge in [0.25, 0.3) is 15.9 Å². The summed E-state index contributed by atoms with van der Waals surface area (Å²) in [7, 11) is -3.98. The third-order valence-corrected chi connectivity index (χ3v) is 6.74. The molecule has 0 atom stereocenters. The van der Waals surface area contributed by atoms with E-state index in [1.807, 2.05) is 18.2 Å². The van der Waals surface area contributed by atoms with Crippen LogP contribution in [0.15, 0.2) is 76.0 Å². The Morgan fingerprint density at radius 1 is 0.886 bits per heavy atom. The molecule has 2 aromatic carbocycles. The number of benzene rings is 2. The van der Waals surface area contributed by atoms with Crippen molar-refractivity contribution in [2.45, 2.75) is 51.0 Å². The number of anilines is 1. The van der Waals surface area contributed by atoms with Gasteiger partial charge in [-0.25, -0.2) is 0 Å². The van der Waals surface area contributed by atoms with Gasteiger partial charge in [-0.2, -0.15) is 13.0 Å². The van der Waals surface area contributed by atoms with Crippen LogP contribution >= 0.6 is 0 Å². The highest BCUT2D eigenvalue weighted by molar-refractivity contribution is 7.90. The Kier molecular flexibility index (Phi) is 8.59. The lowest BCUT2D eigenvalue weighted by atomic mass is 10.0. The van der Waals surface area contributed by atoms with E-state index in [2.05, 4.69) is 52.4 Å². The first kappa shape index (κ1) is 25.9. The van der Waals surface area contributed by atoms with Crippen molar-refractivity contribution in [3.8, 4) is 11.1 Å². The quantitative estimate of drug-likeness (QED) is 0.226. The van der Waals surface area contributed by atoms with E-state index >= 15 is 0 Å². The summed E-state index contributed by atoms with van der Waals surface area (Å²) in [6.45, 7) is 4.40. The standard InChI is InChI=1S/C26H31N5O3S/c1-3-8-22-16-20(19-10-6-5-7-11-19)17-23(9-4-2)31(22)18-25(32)29-21-12-14-24(15-13-21)35(33,34)30-26(27)28/h5-7,10-17H,3-4,8-9,18H2,1-2H3,(H4-,27,28,29,30,32)/p+1. The van der Waals surface area contributed by atoms with Gasteiger partial charge in [0.2, 0.25) is 12.5 Å². The monoisotopic (exact) mass is 494 g/mol. The molecule has 5 N–H and O–H groups in total. The van der Waals surface area contributed by atoms with Gasteiger partial charge in [-0.15, -0.1) is 4.40 Å². The van der Waals surface area contributed by atoms with Crippen molar-refractivity contribution in [1.82, 2.24) is 0 Å². The third kappa shape index (κ3) is 6.89. The fourth-order valence-corrected chi connectivity index (χ4v) is 4.78. The smallest absolute Gasteiger partial charge is 0.290 e. The van der Waals surface area contributed by atoms with E-state index in [4.69, 9.17) is 11.5 Å². The van der Waals surface area contributed by atoms with Crippen molar-refractivity contribution in [2.24, 2.45) is 15.9 Å². The maximum Gasteiger partial charge on any atom is 0.290 e.